The van der Waals surface area contributed by atoms with Crippen LogP contribution in [0.15, 0.2) is 0 Å². The van der Waals surface area contributed by atoms with Crippen molar-refractivity contribution in [3.05, 3.63) is 0 Å². The Labute approximate surface area is 86.1 Å². The lowest BCUT2D eigenvalue weighted by molar-refractivity contribution is 0.255. The van der Waals surface area contributed by atoms with E-state index in [9.17, 15) is 8.42 Å². The minimum absolute atomic E-state index is 0.0164. The molecule has 0 radical (unpaired) electrons. The molecule has 1 unspecified atom stereocenters. The van der Waals surface area contributed by atoms with Crippen LogP contribution in [0.3, 0.4) is 0 Å². The van der Waals surface area contributed by atoms with Gasteiger partial charge in [0.25, 0.3) is 10.2 Å². The first-order valence-corrected chi connectivity index (χ1v) is 6.29. The highest BCUT2D eigenvalue weighted by Crippen LogP contribution is 2.06. The fourth-order valence-electron chi connectivity index (χ4n) is 1.10. The first-order valence-electron chi connectivity index (χ1n) is 4.80. The molecule has 1 atom stereocenters. The third-order valence-corrected chi connectivity index (χ3v) is 3.17. The largest absolute Gasteiger partial charge is 0.396 e. The van der Waals surface area contributed by atoms with Crippen molar-refractivity contribution >= 4 is 10.2 Å². The lowest BCUT2D eigenvalue weighted by atomic mass is 10.0. The molecule has 5 nitrogen and oxygen atoms in total. The van der Waals surface area contributed by atoms with Gasteiger partial charge in [-0.1, -0.05) is 20.8 Å². The number of aliphatic hydroxyl groups is 1. The lowest BCUT2D eigenvalue weighted by Crippen LogP contribution is -2.45. The molecule has 14 heavy (non-hydrogen) atoms. The van der Waals surface area contributed by atoms with E-state index in [1.807, 2.05) is 13.8 Å². The third kappa shape index (κ3) is 5.54. The summed E-state index contributed by atoms with van der Waals surface area (Å²) in [4.78, 5) is 0. The molecule has 86 valence electrons. The van der Waals surface area contributed by atoms with Gasteiger partial charge in [-0.2, -0.15) is 13.1 Å². The van der Waals surface area contributed by atoms with Gasteiger partial charge < -0.3 is 5.11 Å². The van der Waals surface area contributed by atoms with Crippen molar-refractivity contribution in [2.75, 3.05) is 13.2 Å². The van der Waals surface area contributed by atoms with Gasteiger partial charge in [0.05, 0.1) is 0 Å². The van der Waals surface area contributed by atoms with Crippen LogP contribution in [0.4, 0.5) is 0 Å². The maximum Gasteiger partial charge on any atom is 0.277 e. The molecule has 6 heteroatoms. The van der Waals surface area contributed by atoms with E-state index in [1.54, 1.807) is 6.92 Å². The highest BCUT2D eigenvalue weighted by atomic mass is 32.2. The van der Waals surface area contributed by atoms with E-state index >= 15 is 0 Å². The van der Waals surface area contributed by atoms with Gasteiger partial charge in [0, 0.05) is 19.2 Å². The topological polar surface area (TPSA) is 78.4 Å². The summed E-state index contributed by atoms with van der Waals surface area (Å²) in [5, 5.41) is 8.76. The molecule has 0 aromatic rings. The third-order valence-electron chi connectivity index (χ3n) is 1.89. The molecule has 0 aliphatic rings. The van der Waals surface area contributed by atoms with Crippen LogP contribution in [-0.4, -0.2) is 32.7 Å². The van der Waals surface area contributed by atoms with Crippen molar-refractivity contribution in [1.82, 2.24) is 9.44 Å². The smallest absolute Gasteiger partial charge is 0.277 e. The molecule has 0 aromatic heterocycles. The first-order chi connectivity index (χ1) is 6.43. The number of hydrogen-bond donors (Lipinski definition) is 3. The van der Waals surface area contributed by atoms with Gasteiger partial charge >= 0.3 is 0 Å². The Balaban J connectivity index is 4.28. The molecule has 3 N–H and O–H groups in total. The molecule has 0 aliphatic heterocycles. The summed E-state index contributed by atoms with van der Waals surface area (Å²) in [6.45, 7) is 5.88. The minimum Gasteiger partial charge on any atom is -0.396 e. The van der Waals surface area contributed by atoms with Crippen molar-refractivity contribution in [1.29, 1.82) is 0 Å². The Morgan fingerprint density at radius 3 is 2.29 bits per heavy atom. The number of nitrogens with one attached hydrogen (secondary N) is 2. The van der Waals surface area contributed by atoms with Crippen LogP contribution in [0.1, 0.15) is 27.2 Å². The molecule has 0 fully saturated rings. The van der Waals surface area contributed by atoms with Crippen LogP contribution >= 0.6 is 0 Å². The van der Waals surface area contributed by atoms with E-state index in [0.717, 1.165) is 0 Å². The van der Waals surface area contributed by atoms with Gasteiger partial charge in [-0.3, -0.25) is 0 Å². The molecule has 0 bridgehead atoms. The molecule has 0 aliphatic carbocycles. The van der Waals surface area contributed by atoms with Gasteiger partial charge in [0.1, 0.15) is 0 Å². The molecule has 0 heterocycles. The quantitative estimate of drug-likeness (QED) is 0.562. The van der Waals surface area contributed by atoms with E-state index in [2.05, 4.69) is 9.44 Å². The van der Waals surface area contributed by atoms with Crippen LogP contribution in [0.2, 0.25) is 0 Å². The Morgan fingerprint density at radius 2 is 1.93 bits per heavy atom. The summed E-state index contributed by atoms with van der Waals surface area (Å²) >= 11 is 0. The summed E-state index contributed by atoms with van der Waals surface area (Å²) in [6, 6.07) is -0.218. The summed E-state index contributed by atoms with van der Waals surface area (Å²) < 4.78 is 27.5. The zero-order valence-electron chi connectivity index (χ0n) is 8.95. The van der Waals surface area contributed by atoms with Gasteiger partial charge in [-0.25, -0.2) is 4.72 Å². The summed E-state index contributed by atoms with van der Waals surface area (Å²) in [5.74, 6) is 0.163. The summed E-state index contributed by atoms with van der Waals surface area (Å²) in [7, 11) is -3.41. The first kappa shape index (κ1) is 13.8. The van der Waals surface area contributed by atoms with Crippen molar-refractivity contribution in [2.45, 2.75) is 33.2 Å². The zero-order chi connectivity index (χ0) is 11.2. The van der Waals surface area contributed by atoms with E-state index in [1.165, 1.54) is 0 Å². The summed E-state index contributed by atoms with van der Waals surface area (Å²) in [5.41, 5.74) is 0. The lowest BCUT2D eigenvalue weighted by Gasteiger charge is -2.21. The Kier molecular flexibility index (Phi) is 6.26. The van der Waals surface area contributed by atoms with E-state index in [4.69, 9.17) is 5.11 Å². The molecule has 0 spiro atoms. The predicted octanol–water partition coefficient (Wildman–Crippen LogP) is -0.163. The zero-order valence-corrected chi connectivity index (χ0v) is 9.76. The van der Waals surface area contributed by atoms with Crippen molar-refractivity contribution < 1.29 is 13.5 Å². The van der Waals surface area contributed by atoms with Crippen molar-refractivity contribution in [3.63, 3.8) is 0 Å². The molecular weight excluding hydrogens is 204 g/mol. The highest BCUT2D eigenvalue weighted by molar-refractivity contribution is 7.87. The molecule has 0 saturated heterocycles. The summed E-state index contributed by atoms with van der Waals surface area (Å²) in [6.07, 6.45) is 0.433. The number of rotatable bonds is 7. The second-order valence-electron chi connectivity index (χ2n) is 3.48. The Bertz CT molecular complexity index is 239. The fraction of sp³-hybridized carbons (Fsp3) is 1.00. The highest BCUT2D eigenvalue weighted by Gasteiger charge is 2.19. The number of hydrogen-bond acceptors (Lipinski definition) is 3. The normalized spacial score (nSPS) is 14.6. The standard InChI is InChI=1S/C8H20N2O3S/c1-4-9-14(12,13)10-8(5-6-11)7(2)3/h7-11H,4-6H2,1-3H3. The average molecular weight is 224 g/mol. The Hall–Kier alpha value is -0.170. The van der Waals surface area contributed by atoms with Crippen LogP contribution in [0.25, 0.3) is 0 Å². The second kappa shape index (κ2) is 6.34. The maximum absolute atomic E-state index is 11.3. The van der Waals surface area contributed by atoms with Gasteiger partial charge in [-0.15, -0.1) is 0 Å². The van der Waals surface area contributed by atoms with Gasteiger partial charge in [0.15, 0.2) is 0 Å². The van der Waals surface area contributed by atoms with Crippen molar-refractivity contribution in [2.24, 2.45) is 5.92 Å². The SMILES string of the molecule is CCNS(=O)(=O)NC(CCO)C(C)C. The molecule has 0 saturated carbocycles. The Morgan fingerprint density at radius 1 is 1.36 bits per heavy atom. The van der Waals surface area contributed by atoms with E-state index < -0.39 is 10.2 Å². The molecule has 0 aromatic carbocycles. The predicted molar refractivity (Wildman–Crippen MR) is 56.1 cm³/mol. The van der Waals surface area contributed by atoms with Crippen LogP contribution < -0.4 is 9.44 Å². The van der Waals surface area contributed by atoms with Crippen molar-refractivity contribution in [3.8, 4) is 0 Å². The molecule has 0 rings (SSSR count). The van der Waals surface area contributed by atoms with Gasteiger partial charge in [0.2, 0.25) is 0 Å². The van der Waals surface area contributed by atoms with E-state index in [0.29, 0.717) is 13.0 Å². The molecule has 0 amide bonds. The maximum atomic E-state index is 11.3. The van der Waals surface area contributed by atoms with Crippen LogP contribution in [0, 0.1) is 5.92 Å². The fourth-order valence-corrected chi connectivity index (χ4v) is 2.35. The number of aliphatic hydroxyl groups excluding tert-OH is 1. The van der Waals surface area contributed by atoms with E-state index in [-0.39, 0.29) is 18.6 Å². The second-order valence-corrected chi connectivity index (χ2v) is 5.01. The molecular formula is C8H20N2O3S. The van der Waals surface area contributed by atoms with Gasteiger partial charge in [-0.05, 0) is 12.3 Å². The average Bonchev–Trinajstić information content (AvgIpc) is 2.02. The van der Waals surface area contributed by atoms with Crippen LogP contribution in [-0.2, 0) is 10.2 Å². The minimum atomic E-state index is -3.41. The van der Waals surface area contributed by atoms with Crippen LogP contribution in [0.5, 0.6) is 0 Å². The monoisotopic (exact) mass is 224 g/mol.